The Labute approximate surface area is 99.0 Å². The zero-order chi connectivity index (χ0) is 12.4. The Morgan fingerprint density at radius 2 is 1.53 bits per heavy atom. The van der Waals surface area contributed by atoms with Gasteiger partial charge in [0.2, 0.25) is 0 Å². The van der Waals surface area contributed by atoms with Gasteiger partial charge in [-0.2, -0.15) is 0 Å². The normalized spacial score (nSPS) is 10.2. The van der Waals surface area contributed by atoms with Gasteiger partial charge in [0.15, 0.2) is 5.78 Å². The van der Waals surface area contributed by atoms with E-state index in [9.17, 15) is 15.0 Å². The molecule has 3 nitrogen and oxygen atoms in total. The fourth-order valence-corrected chi connectivity index (χ4v) is 1.83. The van der Waals surface area contributed by atoms with Crippen LogP contribution in [0.1, 0.15) is 17.3 Å². The van der Waals surface area contributed by atoms with Crippen molar-refractivity contribution in [3.05, 3.63) is 48.0 Å². The molecular weight excluding hydrogens is 216 g/mol. The van der Waals surface area contributed by atoms with Crippen molar-refractivity contribution >= 4 is 5.78 Å². The lowest BCUT2D eigenvalue weighted by atomic mass is 9.95. The average Bonchev–Trinajstić information content (AvgIpc) is 2.32. The summed E-state index contributed by atoms with van der Waals surface area (Å²) in [5.74, 6) is -0.411. The molecule has 0 saturated carbocycles. The summed E-state index contributed by atoms with van der Waals surface area (Å²) < 4.78 is 0. The monoisotopic (exact) mass is 228 g/mol. The second-order valence-corrected chi connectivity index (χ2v) is 3.78. The topological polar surface area (TPSA) is 57.5 Å². The molecule has 17 heavy (non-hydrogen) atoms. The van der Waals surface area contributed by atoms with Gasteiger partial charge in [0.25, 0.3) is 0 Å². The first kappa shape index (κ1) is 11.2. The van der Waals surface area contributed by atoms with E-state index in [-0.39, 0.29) is 22.8 Å². The number of rotatable bonds is 2. The third-order valence-corrected chi connectivity index (χ3v) is 2.58. The Morgan fingerprint density at radius 3 is 2.12 bits per heavy atom. The zero-order valence-corrected chi connectivity index (χ0v) is 9.34. The quantitative estimate of drug-likeness (QED) is 0.613. The number of phenolic OH excluding ortho intramolecular Hbond substituents is 2. The summed E-state index contributed by atoms with van der Waals surface area (Å²) in [6.07, 6.45) is 0. The average molecular weight is 228 g/mol. The molecule has 0 amide bonds. The molecule has 0 aliphatic carbocycles. The third-order valence-electron chi connectivity index (χ3n) is 2.58. The molecule has 2 aromatic rings. The predicted molar refractivity (Wildman–Crippen MR) is 65.2 cm³/mol. The molecule has 2 rings (SSSR count). The van der Waals surface area contributed by atoms with Gasteiger partial charge in [-0.05, 0) is 24.6 Å². The van der Waals surface area contributed by atoms with Crippen LogP contribution in [0.5, 0.6) is 11.5 Å². The second-order valence-electron chi connectivity index (χ2n) is 3.78. The Hall–Kier alpha value is -2.29. The molecule has 0 heterocycles. The lowest BCUT2D eigenvalue weighted by molar-refractivity contribution is 0.101. The third kappa shape index (κ3) is 1.99. The summed E-state index contributed by atoms with van der Waals surface area (Å²) >= 11 is 0. The van der Waals surface area contributed by atoms with E-state index in [2.05, 4.69) is 0 Å². The lowest BCUT2D eigenvalue weighted by Crippen LogP contribution is -1.97. The second kappa shape index (κ2) is 4.29. The van der Waals surface area contributed by atoms with Crippen LogP contribution >= 0.6 is 0 Å². The molecule has 2 N–H and O–H groups in total. The van der Waals surface area contributed by atoms with Crippen LogP contribution in [0.2, 0.25) is 0 Å². The van der Waals surface area contributed by atoms with Gasteiger partial charge >= 0.3 is 0 Å². The minimum absolute atomic E-state index is 0.0146. The predicted octanol–water partition coefficient (Wildman–Crippen LogP) is 2.97. The summed E-state index contributed by atoms with van der Waals surface area (Å²) in [6.45, 7) is 1.36. The van der Waals surface area contributed by atoms with E-state index in [0.29, 0.717) is 11.1 Å². The highest BCUT2D eigenvalue weighted by Gasteiger charge is 2.17. The number of carbonyl (C=O) groups is 1. The van der Waals surface area contributed by atoms with Crippen molar-refractivity contribution in [1.29, 1.82) is 0 Å². The van der Waals surface area contributed by atoms with Gasteiger partial charge in [0, 0.05) is 5.56 Å². The van der Waals surface area contributed by atoms with Crippen molar-refractivity contribution in [2.45, 2.75) is 6.92 Å². The van der Waals surface area contributed by atoms with Gasteiger partial charge in [-0.1, -0.05) is 30.3 Å². The van der Waals surface area contributed by atoms with E-state index < -0.39 is 0 Å². The number of benzene rings is 2. The molecule has 86 valence electrons. The molecule has 0 aliphatic heterocycles. The highest BCUT2D eigenvalue weighted by Crippen LogP contribution is 2.37. The SMILES string of the molecule is CC(=O)c1c(O)ccc(O)c1-c1ccccc1. The molecule has 2 aromatic carbocycles. The van der Waals surface area contributed by atoms with E-state index in [1.165, 1.54) is 19.1 Å². The number of carbonyl (C=O) groups excluding carboxylic acids is 1. The van der Waals surface area contributed by atoms with E-state index in [1.807, 2.05) is 18.2 Å². The van der Waals surface area contributed by atoms with E-state index in [4.69, 9.17) is 0 Å². The van der Waals surface area contributed by atoms with Crippen LogP contribution in [0.15, 0.2) is 42.5 Å². The van der Waals surface area contributed by atoms with Crippen LogP contribution in [-0.4, -0.2) is 16.0 Å². The van der Waals surface area contributed by atoms with Gasteiger partial charge in [0.05, 0.1) is 5.56 Å². The Bertz CT molecular complexity index is 559. The Balaban J connectivity index is 2.76. The lowest BCUT2D eigenvalue weighted by Gasteiger charge is -2.11. The van der Waals surface area contributed by atoms with Crippen LogP contribution in [-0.2, 0) is 0 Å². The Morgan fingerprint density at radius 1 is 0.941 bits per heavy atom. The highest BCUT2D eigenvalue weighted by molar-refractivity contribution is 6.04. The first-order chi connectivity index (χ1) is 8.11. The first-order valence-electron chi connectivity index (χ1n) is 5.22. The smallest absolute Gasteiger partial charge is 0.164 e. The zero-order valence-electron chi connectivity index (χ0n) is 9.34. The van der Waals surface area contributed by atoms with Gasteiger partial charge in [-0.15, -0.1) is 0 Å². The standard InChI is InChI=1S/C14H12O3/c1-9(15)13-11(16)7-8-12(17)14(13)10-5-3-2-4-6-10/h2-8,16-17H,1H3. The van der Waals surface area contributed by atoms with Gasteiger partial charge < -0.3 is 10.2 Å². The van der Waals surface area contributed by atoms with Crippen LogP contribution < -0.4 is 0 Å². The first-order valence-corrected chi connectivity index (χ1v) is 5.22. The van der Waals surface area contributed by atoms with Crippen LogP contribution in [0.25, 0.3) is 11.1 Å². The van der Waals surface area contributed by atoms with Crippen LogP contribution in [0.4, 0.5) is 0 Å². The molecular formula is C14H12O3. The van der Waals surface area contributed by atoms with Crippen molar-refractivity contribution in [2.24, 2.45) is 0 Å². The van der Waals surface area contributed by atoms with Crippen molar-refractivity contribution in [2.75, 3.05) is 0 Å². The molecule has 0 aliphatic rings. The largest absolute Gasteiger partial charge is 0.507 e. The maximum Gasteiger partial charge on any atom is 0.164 e. The van der Waals surface area contributed by atoms with Crippen molar-refractivity contribution in [3.8, 4) is 22.6 Å². The summed E-state index contributed by atoms with van der Waals surface area (Å²) in [5.41, 5.74) is 1.22. The maximum absolute atomic E-state index is 11.5. The molecule has 0 atom stereocenters. The number of aromatic hydroxyl groups is 2. The molecule has 0 fully saturated rings. The summed E-state index contributed by atoms with van der Waals surface area (Å²) in [4.78, 5) is 11.5. The highest BCUT2D eigenvalue weighted by atomic mass is 16.3. The van der Waals surface area contributed by atoms with Crippen LogP contribution in [0, 0.1) is 0 Å². The molecule has 0 unspecified atom stereocenters. The van der Waals surface area contributed by atoms with E-state index >= 15 is 0 Å². The van der Waals surface area contributed by atoms with E-state index in [0.717, 1.165) is 0 Å². The fourth-order valence-electron chi connectivity index (χ4n) is 1.83. The maximum atomic E-state index is 11.5. The van der Waals surface area contributed by atoms with Crippen molar-refractivity contribution < 1.29 is 15.0 Å². The number of hydrogen-bond acceptors (Lipinski definition) is 3. The number of phenols is 2. The van der Waals surface area contributed by atoms with Gasteiger partial charge in [0.1, 0.15) is 11.5 Å². The minimum atomic E-state index is -0.280. The molecule has 0 saturated heterocycles. The summed E-state index contributed by atoms with van der Waals surface area (Å²) in [7, 11) is 0. The molecule has 3 heteroatoms. The van der Waals surface area contributed by atoms with Crippen molar-refractivity contribution in [3.63, 3.8) is 0 Å². The molecule has 0 radical (unpaired) electrons. The number of Topliss-reactive ketones (excluding diaryl/α,β-unsaturated/α-hetero) is 1. The summed E-state index contributed by atoms with van der Waals surface area (Å²) in [5, 5.41) is 19.6. The minimum Gasteiger partial charge on any atom is -0.507 e. The summed E-state index contributed by atoms with van der Waals surface area (Å²) in [6, 6.07) is 11.7. The molecule has 0 spiro atoms. The van der Waals surface area contributed by atoms with E-state index in [1.54, 1.807) is 12.1 Å². The Kier molecular flexibility index (Phi) is 2.83. The van der Waals surface area contributed by atoms with Crippen molar-refractivity contribution in [1.82, 2.24) is 0 Å². The van der Waals surface area contributed by atoms with Gasteiger partial charge in [-0.3, -0.25) is 4.79 Å². The van der Waals surface area contributed by atoms with Gasteiger partial charge in [-0.25, -0.2) is 0 Å². The molecule has 0 aromatic heterocycles. The fraction of sp³-hybridized carbons (Fsp3) is 0.0714. The van der Waals surface area contributed by atoms with Crippen LogP contribution in [0.3, 0.4) is 0 Å². The molecule has 0 bridgehead atoms. The number of ketones is 1. The number of hydrogen-bond donors (Lipinski definition) is 2.